The zero-order valence-electron chi connectivity index (χ0n) is 13.5. The second-order valence-corrected chi connectivity index (χ2v) is 4.98. The maximum absolute atomic E-state index is 4.11. The molecular formula is C19H18N6. The van der Waals surface area contributed by atoms with Crippen molar-refractivity contribution in [3.05, 3.63) is 85.6 Å². The van der Waals surface area contributed by atoms with Crippen LogP contribution in [0.3, 0.4) is 0 Å². The number of allylic oxidation sites excluding steroid dienone is 3. The summed E-state index contributed by atoms with van der Waals surface area (Å²) in [5.74, 6) is 0. The predicted octanol–water partition coefficient (Wildman–Crippen LogP) is 3.77. The van der Waals surface area contributed by atoms with Crippen LogP contribution in [-0.2, 0) is 0 Å². The molecule has 0 amide bonds. The minimum absolute atomic E-state index is 1.03. The van der Waals surface area contributed by atoms with Crippen molar-refractivity contribution in [2.24, 2.45) is 5.10 Å². The molecule has 3 N–H and O–H groups in total. The van der Waals surface area contributed by atoms with E-state index in [1.807, 2.05) is 67.0 Å². The van der Waals surface area contributed by atoms with Crippen molar-refractivity contribution in [1.82, 2.24) is 25.4 Å². The van der Waals surface area contributed by atoms with Gasteiger partial charge in [0.2, 0.25) is 0 Å². The molecule has 4 aromatic heterocycles. The van der Waals surface area contributed by atoms with Gasteiger partial charge in [-0.25, -0.2) is 0 Å². The smallest absolute Gasteiger partial charge is 0.0878 e. The molecule has 0 aromatic carbocycles. The van der Waals surface area contributed by atoms with E-state index in [4.69, 9.17) is 0 Å². The van der Waals surface area contributed by atoms with Gasteiger partial charge in [-0.3, -0.25) is 15.4 Å². The molecule has 0 aliphatic carbocycles. The molecule has 0 fully saturated rings. The Kier molecular flexibility index (Phi) is 5.72. The lowest BCUT2D eigenvalue weighted by Crippen LogP contribution is -1.89. The lowest BCUT2D eigenvalue weighted by molar-refractivity contribution is 0.980. The molecule has 6 nitrogen and oxygen atoms in total. The summed E-state index contributed by atoms with van der Waals surface area (Å²) in [5, 5.41) is 3.72. The van der Waals surface area contributed by atoms with Crippen molar-refractivity contribution < 1.29 is 0 Å². The van der Waals surface area contributed by atoms with Gasteiger partial charge in [0.25, 0.3) is 0 Å². The van der Waals surface area contributed by atoms with E-state index in [1.165, 1.54) is 0 Å². The lowest BCUT2D eigenvalue weighted by Gasteiger charge is -1.82. The minimum Gasteiger partial charge on any atom is -0.360 e. The van der Waals surface area contributed by atoms with E-state index in [0.717, 1.165) is 22.1 Å². The van der Waals surface area contributed by atoms with Gasteiger partial charge in [0.05, 0.1) is 22.1 Å². The Labute approximate surface area is 145 Å². The monoisotopic (exact) mass is 330 g/mol. The van der Waals surface area contributed by atoms with Crippen molar-refractivity contribution in [3.8, 4) is 0 Å². The van der Waals surface area contributed by atoms with E-state index in [2.05, 4.69) is 30.5 Å². The van der Waals surface area contributed by atoms with E-state index < -0.39 is 0 Å². The Hall–Kier alpha value is -3.67. The Balaban J connectivity index is 0.000000111. The van der Waals surface area contributed by atoms with E-state index in [-0.39, 0.29) is 0 Å². The number of pyridine rings is 2. The van der Waals surface area contributed by atoms with Gasteiger partial charge in [-0.05, 0) is 48.6 Å². The molecule has 1 aliphatic rings. The average molecular weight is 330 g/mol. The van der Waals surface area contributed by atoms with Gasteiger partial charge in [-0.15, -0.1) is 0 Å². The molecule has 25 heavy (non-hydrogen) atoms. The fourth-order valence-corrected chi connectivity index (χ4v) is 2.11. The van der Waals surface area contributed by atoms with E-state index >= 15 is 0 Å². The summed E-state index contributed by atoms with van der Waals surface area (Å²) in [5.41, 5.74) is 6.91. The third-order valence-corrected chi connectivity index (χ3v) is 3.27. The maximum atomic E-state index is 4.11. The summed E-state index contributed by atoms with van der Waals surface area (Å²) in [4.78, 5) is 14.3. The molecule has 5 heterocycles. The second-order valence-electron chi connectivity index (χ2n) is 4.98. The van der Waals surface area contributed by atoms with Gasteiger partial charge in [0.15, 0.2) is 0 Å². The molecule has 6 heteroatoms. The molecule has 0 unspecified atom stereocenters. The van der Waals surface area contributed by atoms with Crippen LogP contribution < -0.4 is 5.43 Å². The summed E-state index contributed by atoms with van der Waals surface area (Å²) in [6.45, 7) is 0. The third kappa shape index (κ3) is 4.90. The van der Waals surface area contributed by atoms with Crippen molar-refractivity contribution in [2.45, 2.75) is 0 Å². The van der Waals surface area contributed by atoms with E-state index in [0.29, 0.717) is 0 Å². The third-order valence-electron chi connectivity index (χ3n) is 3.27. The first kappa shape index (κ1) is 16.2. The number of nitrogens with zero attached hydrogens (tertiary/aromatic N) is 3. The molecule has 124 valence electrons. The first-order chi connectivity index (χ1) is 12.4. The van der Waals surface area contributed by atoms with Gasteiger partial charge in [0.1, 0.15) is 0 Å². The molecular weight excluding hydrogens is 312 g/mol. The normalized spacial score (nSPS) is 11.8. The molecule has 1 aliphatic heterocycles. The van der Waals surface area contributed by atoms with Crippen molar-refractivity contribution in [3.63, 3.8) is 0 Å². The Bertz CT molecular complexity index is 853. The fourth-order valence-electron chi connectivity index (χ4n) is 2.11. The zero-order chi connectivity index (χ0) is 17.2. The lowest BCUT2D eigenvalue weighted by atomic mass is 10.4. The van der Waals surface area contributed by atoms with Gasteiger partial charge in [-0.1, -0.05) is 6.08 Å². The van der Waals surface area contributed by atoms with Crippen LogP contribution >= 0.6 is 0 Å². The van der Waals surface area contributed by atoms with Crippen LogP contribution in [-0.4, -0.2) is 26.2 Å². The number of fused-ring (bicyclic) bond motifs is 2. The SMILES string of the molecule is C1=CC=NNC=C1.c1cnc2cc[nH]c2c1.c1cnc2cc[nH]c2c1. The number of hydrogen-bond acceptors (Lipinski definition) is 4. The highest BCUT2D eigenvalue weighted by molar-refractivity contribution is 5.74. The molecule has 0 radical (unpaired) electrons. The summed E-state index contributed by atoms with van der Waals surface area (Å²) < 4.78 is 0. The second kappa shape index (κ2) is 8.83. The topological polar surface area (TPSA) is 81.8 Å². The van der Waals surface area contributed by atoms with Crippen LogP contribution in [0, 0.1) is 0 Å². The molecule has 0 spiro atoms. The highest BCUT2D eigenvalue weighted by Crippen LogP contribution is 2.06. The highest BCUT2D eigenvalue weighted by Gasteiger charge is 1.89. The number of nitrogens with one attached hydrogen (secondary N) is 3. The van der Waals surface area contributed by atoms with Crippen LogP contribution in [0.5, 0.6) is 0 Å². The molecule has 0 bridgehead atoms. The van der Waals surface area contributed by atoms with Crippen molar-refractivity contribution in [1.29, 1.82) is 0 Å². The summed E-state index contributed by atoms with van der Waals surface area (Å²) in [6.07, 6.45) is 16.5. The van der Waals surface area contributed by atoms with E-state index in [9.17, 15) is 0 Å². The van der Waals surface area contributed by atoms with Crippen molar-refractivity contribution >= 4 is 28.3 Å². The number of rotatable bonds is 0. The van der Waals surface area contributed by atoms with Gasteiger partial charge in [0, 0.05) is 37.2 Å². The number of H-pyrrole nitrogens is 2. The Morgan fingerprint density at radius 3 is 1.92 bits per heavy atom. The number of hydrogen-bond donors (Lipinski definition) is 3. The molecule has 0 atom stereocenters. The van der Waals surface area contributed by atoms with Gasteiger partial charge < -0.3 is 9.97 Å². The fraction of sp³-hybridized carbons (Fsp3) is 0. The molecule has 5 rings (SSSR count). The van der Waals surface area contributed by atoms with Gasteiger partial charge >= 0.3 is 0 Å². The zero-order valence-corrected chi connectivity index (χ0v) is 13.5. The maximum Gasteiger partial charge on any atom is 0.0878 e. The van der Waals surface area contributed by atoms with Crippen LogP contribution in [0.4, 0.5) is 0 Å². The van der Waals surface area contributed by atoms with Gasteiger partial charge in [-0.2, -0.15) is 5.10 Å². The number of hydrazone groups is 1. The summed E-state index contributed by atoms with van der Waals surface area (Å²) in [7, 11) is 0. The average Bonchev–Trinajstić information content (AvgIpc) is 3.24. The Morgan fingerprint density at radius 1 is 0.680 bits per heavy atom. The molecule has 0 saturated carbocycles. The number of aromatic nitrogens is 4. The quantitative estimate of drug-likeness (QED) is 0.459. The van der Waals surface area contributed by atoms with E-state index in [1.54, 1.807) is 24.8 Å². The van der Waals surface area contributed by atoms with Crippen LogP contribution in [0.1, 0.15) is 0 Å². The first-order valence-corrected chi connectivity index (χ1v) is 7.80. The summed E-state index contributed by atoms with van der Waals surface area (Å²) in [6, 6.07) is 11.7. The number of aromatic amines is 2. The summed E-state index contributed by atoms with van der Waals surface area (Å²) >= 11 is 0. The standard InChI is InChI=1S/2C7H6N2.C5H6N2/c2*1-2-6-7(8-4-1)3-5-9-6;1-2-4-6-7-5-3-1/h2*1-5,9H;1-6H. The first-order valence-electron chi connectivity index (χ1n) is 7.80. The van der Waals surface area contributed by atoms with Crippen LogP contribution in [0.15, 0.2) is 90.7 Å². The minimum atomic E-state index is 1.03. The van der Waals surface area contributed by atoms with Crippen LogP contribution in [0.2, 0.25) is 0 Å². The molecule has 4 aromatic rings. The largest absolute Gasteiger partial charge is 0.360 e. The highest BCUT2D eigenvalue weighted by atomic mass is 15.3. The predicted molar refractivity (Wildman–Crippen MR) is 102 cm³/mol. The van der Waals surface area contributed by atoms with Crippen molar-refractivity contribution in [2.75, 3.05) is 0 Å². The Morgan fingerprint density at radius 2 is 1.32 bits per heavy atom. The molecule has 0 saturated heterocycles. The van der Waals surface area contributed by atoms with Crippen LogP contribution in [0.25, 0.3) is 22.1 Å².